The number of benzene rings is 2. The SMILES string of the molecule is CCOC(=O)c1ccc(Nc2ccc(-c3csc(-c4ccccc4)n3)cc2)nn1. The largest absolute Gasteiger partial charge is 0.461 e. The quantitative estimate of drug-likeness (QED) is 0.447. The van der Waals surface area contributed by atoms with Crippen molar-refractivity contribution in [3.63, 3.8) is 0 Å². The van der Waals surface area contributed by atoms with Gasteiger partial charge in [-0.15, -0.1) is 21.5 Å². The fraction of sp³-hybridized carbons (Fsp3) is 0.0909. The fourth-order valence-electron chi connectivity index (χ4n) is 2.70. The van der Waals surface area contributed by atoms with E-state index < -0.39 is 5.97 Å². The molecule has 0 spiro atoms. The van der Waals surface area contributed by atoms with Crippen molar-refractivity contribution in [2.75, 3.05) is 11.9 Å². The highest BCUT2D eigenvalue weighted by Gasteiger charge is 2.09. The zero-order valence-electron chi connectivity index (χ0n) is 15.7. The molecule has 0 radical (unpaired) electrons. The molecule has 0 fully saturated rings. The number of hydrogen-bond donors (Lipinski definition) is 1. The van der Waals surface area contributed by atoms with Gasteiger partial charge in [-0.05, 0) is 31.2 Å². The van der Waals surface area contributed by atoms with E-state index in [4.69, 9.17) is 9.72 Å². The molecule has 2 heterocycles. The van der Waals surface area contributed by atoms with Gasteiger partial charge < -0.3 is 10.1 Å². The van der Waals surface area contributed by atoms with Crippen LogP contribution in [0.4, 0.5) is 11.5 Å². The van der Waals surface area contributed by atoms with Gasteiger partial charge in [0.15, 0.2) is 11.5 Å². The van der Waals surface area contributed by atoms with E-state index in [9.17, 15) is 4.79 Å². The molecule has 0 aliphatic heterocycles. The predicted octanol–water partition coefficient (Wildman–Crippen LogP) is 5.19. The molecule has 0 unspecified atom stereocenters. The summed E-state index contributed by atoms with van der Waals surface area (Å²) in [6.45, 7) is 2.05. The Labute approximate surface area is 172 Å². The average Bonchev–Trinajstić information content (AvgIpc) is 3.26. The number of aromatic nitrogens is 3. The van der Waals surface area contributed by atoms with E-state index in [-0.39, 0.29) is 5.69 Å². The molecule has 2 aromatic heterocycles. The molecule has 6 nitrogen and oxygen atoms in total. The van der Waals surface area contributed by atoms with Crippen LogP contribution < -0.4 is 5.32 Å². The number of ether oxygens (including phenoxy) is 1. The van der Waals surface area contributed by atoms with Crippen LogP contribution in [0.5, 0.6) is 0 Å². The van der Waals surface area contributed by atoms with E-state index in [1.54, 1.807) is 30.4 Å². The molecule has 0 amide bonds. The van der Waals surface area contributed by atoms with Crippen molar-refractivity contribution >= 4 is 28.8 Å². The van der Waals surface area contributed by atoms with Crippen LogP contribution in [-0.4, -0.2) is 27.8 Å². The lowest BCUT2D eigenvalue weighted by molar-refractivity contribution is 0.0518. The molecular weight excluding hydrogens is 384 g/mol. The summed E-state index contributed by atoms with van der Waals surface area (Å²) in [6, 6.07) is 21.3. The van der Waals surface area contributed by atoms with E-state index >= 15 is 0 Å². The number of carbonyl (C=O) groups excluding carboxylic acids is 1. The van der Waals surface area contributed by atoms with Crippen LogP contribution in [0.25, 0.3) is 21.8 Å². The Balaban J connectivity index is 1.44. The maximum Gasteiger partial charge on any atom is 0.358 e. The second kappa shape index (κ2) is 8.62. The first kappa shape index (κ1) is 18.8. The molecule has 0 aliphatic rings. The van der Waals surface area contributed by atoms with E-state index in [0.29, 0.717) is 12.4 Å². The lowest BCUT2D eigenvalue weighted by Crippen LogP contribution is -2.08. The van der Waals surface area contributed by atoms with Crippen LogP contribution in [0, 0.1) is 0 Å². The fourth-order valence-corrected chi connectivity index (χ4v) is 3.54. The minimum absolute atomic E-state index is 0.186. The molecule has 144 valence electrons. The van der Waals surface area contributed by atoms with Crippen molar-refractivity contribution in [2.24, 2.45) is 0 Å². The number of nitrogens with one attached hydrogen (secondary N) is 1. The maximum atomic E-state index is 11.6. The molecule has 4 aromatic rings. The number of thiazole rings is 1. The summed E-state index contributed by atoms with van der Waals surface area (Å²) in [4.78, 5) is 16.4. The standard InChI is InChI=1S/C22H18N4O2S/c1-2-28-22(27)18-12-13-20(26-25-18)23-17-10-8-15(9-11-17)19-14-29-21(24-19)16-6-4-3-5-7-16/h3-14H,2H2,1H3,(H,23,26). The Bertz CT molecular complexity index is 1090. The van der Waals surface area contributed by atoms with Crippen LogP contribution in [0.15, 0.2) is 72.1 Å². The van der Waals surface area contributed by atoms with Gasteiger partial charge >= 0.3 is 5.97 Å². The first-order valence-electron chi connectivity index (χ1n) is 9.12. The summed E-state index contributed by atoms with van der Waals surface area (Å²) in [5, 5.41) is 14.1. The third kappa shape index (κ3) is 4.47. The Morgan fingerprint density at radius 2 is 1.76 bits per heavy atom. The highest BCUT2D eigenvalue weighted by atomic mass is 32.1. The minimum Gasteiger partial charge on any atom is -0.461 e. The van der Waals surface area contributed by atoms with Gasteiger partial charge in [-0.25, -0.2) is 9.78 Å². The second-order valence-electron chi connectivity index (χ2n) is 6.13. The Hall–Kier alpha value is -3.58. The van der Waals surface area contributed by atoms with Gasteiger partial charge in [-0.1, -0.05) is 42.5 Å². The van der Waals surface area contributed by atoms with Crippen LogP contribution in [0.2, 0.25) is 0 Å². The number of hydrogen-bond acceptors (Lipinski definition) is 7. The van der Waals surface area contributed by atoms with Gasteiger partial charge in [-0.3, -0.25) is 0 Å². The number of rotatable bonds is 6. The molecule has 7 heteroatoms. The van der Waals surface area contributed by atoms with Gasteiger partial charge in [0, 0.05) is 22.2 Å². The molecule has 29 heavy (non-hydrogen) atoms. The van der Waals surface area contributed by atoms with E-state index in [0.717, 1.165) is 27.5 Å². The summed E-state index contributed by atoms with van der Waals surface area (Å²) >= 11 is 1.63. The highest BCUT2D eigenvalue weighted by Crippen LogP contribution is 2.29. The van der Waals surface area contributed by atoms with Crippen molar-refractivity contribution in [3.8, 4) is 21.8 Å². The molecule has 2 aromatic carbocycles. The zero-order valence-corrected chi connectivity index (χ0v) is 16.5. The third-order valence-electron chi connectivity index (χ3n) is 4.13. The van der Waals surface area contributed by atoms with Crippen molar-refractivity contribution < 1.29 is 9.53 Å². The zero-order chi connectivity index (χ0) is 20.1. The molecule has 0 saturated heterocycles. The summed E-state index contributed by atoms with van der Waals surface area (Å²) in [5.74, 6) is 0.0693. The maximum absolute atomic E-state index is 11.6. The Kier molecular flexibility index (Phi) is 5.58. The number of carbonyl (C=O) groups is 1. The topological polar surface area (TPSA) is 77.0 Å². The molecule has 0 aliphatic carbocycles. The molecule has 4 rings (SSSR count). The second-order valence-corrected chi connectivity index (χ2v) is 6.99. The Morgan fingerprint density at radius 3 is 2.45 bits per heavy atom. The normalized spacial score (nSPS) is 10.5. The molecule has 1 N–H and O–H groups in total. The lowest BCUT2D eigenvalue weighted by Gasteiger charge is -2.06. The molecule has 0 saturated carbocycles. The van der Waals surface area contributed by atoms with Gasteiger partial charge in [0.25, 0.3) is 0 Å². The Morgan fingerprint density at radius 1 is 0.966 bits per heavy atom. The van der Waals surface area contributed by atoms with Crippen LogP contribution >= 0.6 is 11.3 Å². The van der Waals surface area contributed by atoms with Gasteiger partial charge in [0.1, 0.15) is 5.01 Å². The summed E-state index contributed by atoms with van der Waals surface area (Å²) < 4.78 is 4.90. The summed E-state index contributed by atoms with van der Waals surface area (Å²) in [6.07, 6.45) is 0. The summed E-state index contributed by atoms with van der Waals surface area (Å²) in [7, 11) is 0. The van der Waals surface area contributed by atoms with E-state index in [1.165, 1.54) is 0 Å². The molecular formula is C22H18N4O2S. The van der Waals surface area contributed by atoms with Crippen molar-refractivity contribution in [1.29, 1.82) is 0 Å². The highest BCUT2D eigenvalue weighted by molar-refractivity contribution is 7.13. The monoisotopic (exact) mass is 402 g/mol. The van der Waals surface area contributed by atoms with E-state index in [1.807, 2.05) is 42.5 Å². The number of nitrogens with zero attached hydrogens (tertiary/aromatic N) is 3. The number of esters is 1. The average molecular weight is 402 g/mol. The lowest BCUT2D eigenvalue weighted by atomic mass is 10.1. The third-order valence-corrected chi connectivity index (χ3v) is 5.02. The van der Waals surface area contributed by atoms with Gasteiger partial charge in [-0.2, -0.15) is 0 Å². The van der Waals surface area contributed by atoms with Crippen LogP contribution in [0.1, 0.15) is 17.4 Å². The minimum atomic E-state index is -0.478. The van der Waals surface area contributed by atoms with Crippen LogP contribution in [0.3, 0.4) is 0 Å². The smallest absolute Gasteiger partial charge is 0.358 e. The predicted molar refractivity (Wildman–Crippen MR) is 114 cm³/mol. The van der Waals surface area contributed by atoms with Crippen molar-refractivity contribution in [3.05, 3.63) is 77.8 Å². The van der Waals surface area contributed by atoms with Crippen LogP contribution in [-0.2, 0) is 4.74 Å². The first-order valence-corrected chi connectivity index (χ1v) is 10.00. The van der Waals surface area contributed by atoms with Crippen molar-refractivity contribution in [2.45, 2.75) is 6.92 Å². The van der Waals surface area contributed by atoms with E-state index in [2.05, 4.69) is 33.0 Å². The number of anilines is 2. The summed E-state index contributed by atoms with van der Waals surface area (Å²) in [5.41, 5.74) is 4.15. The van der Waals surface area contributed by atoms with Crippen molar-refractivity contribution in [1.82, 2.24) is 15.2 Å². The molecule has 0 atom stereocenters. The first-order chi connectivity index (χ1) is 14.2. The molecule has 0 bridgehead atoms. The van der Waals surface area contributed by atoms with Gasteiger partial charge in [0.05, 0.1) is 12.3 Å². The van der Waals surface area contributed by atoms with Gasteiger partial charge in [0.2, 0.25) is 0 Å².